The van der Waals surface area contributed by atoms with E-state index in [2.05, 4.69) is 37.1 Å². The summed E-state index contributed by atoms with van der Waals surface area (Å²) in [6, 6.07) is 11.7. The summed E-state index contributed by atoms with van der Waals surface area (Å²) in [5.74, 6) is 0.610. The van der Waals surface area contributed by atoms with Crippen LogP contribution in [-0.2, 0) is 10.2 Å². The highest BCUT2D eigenvalue weighted by Gasteiger charge is 2.22. The molecule has 0 aliphatic carbocycles. The third-order valence-corrected chi connectivity index (χ3v) is 4.76. The first kappa shape index (κ1) is 18.9. The first-order valence-corrected chi connectivity index (χ1v) is 9.20. The Labute approximate surface area is 160 Å². The van der Waals surface area contributed by atoms with Gasteiger partial charge in [0, 0.05) is 43.6 Å². The molecule has 0 atom stereocenters. The molecule has 27 heavy (non-hydrogen) atoms. The fraction of sp³-hybridized carbons (Fsp3) is 0.381. The van der Waals surface area contributed by atoms with Crippen LogP contribution in [0.25, 0.3) is 0 Å². The average Bonchev–Trinajstić information content (AvgIpc) is 2.67. The minimum atomic E-state index is -0.0323. The lowest BCUT2D eigenvalue weighted by Gasteiger charge is -2.32. The Morgan fingerprint density at radius 3 is 2.48 bits per heavy atom. The Bertz CT molecular complexity index is 821. The van der Waals surface area contributed by atoms with Gasteiger partial charge < -0.3 is 15.1 Å². The quantitative estimate of drug-likeness (QED) is 0.845. The summed E-state index contributed by atoms with van der Waals surface area (Å²) >= 11 is 0. The summed E-state index contributed by atoms with van der Waals surface area (Å²) < 4.78 is 0. The van der Waals surface area contributed by atoms with Crippen molar-refractivity contribution in [1.29, 1.82) is 0 Å². The molecular weight excluding hydrogens is 340 g/mol. The number of aromatic nitrogens is 1. The van der Waals surface area contributed by atoms with Gasteiger partial charge in [-0.05, 0) is 29.2 Å². The number of carbonyl (C=O) groups is 2. The predicted molar refractivity (Wildman–Crippen MR) is 106 cm³/mol. The molecule has 1 aromatic heterocycles. The van der Waals surface area contributed by atoms with Crippen molar-refractivity contribution in [2.45, 2.75) is 26.2 Å². The molecule has 2 amide bonds. The molecule has 0 radical (unpaired) electrons. The largest absolute Gasteiger partial charge is 0.342 e. The third kappa shape index (κ3) is 4.45. The van der Waals surface area contributed by atoms with Gasteiger partial charge >= 0.3 is 0 Å². The monoisotopic (exact) mass is 366 g/mol. The maximum atomic E-state index is 12.8. The van der Waals surface area contributed by atoms with Crippen molar-refractivity contribution in [1.82, 2.24) is 14.8 Å². The molecule has 0 spiro atoms. The third-order valence-electron chi connectivity index (χ3n) is 4.76. The normalized spacial score (nSPS) is 14.8. The molecule has 1 aromatic carbocycles. The van der Waals surface area contributed by atoms with E-state index < -0.39 is 0 Å². The van der Waals surface area contributed by atoms with Gasteiger partial charge in [0.05, 0.1) is 0 Å². The van der Waals surface area contributed by atoms with E-state index in [9.17, 15) is 9.59 Å². The molecule has 2 aromatic rings. The molecule has 0 unspecified atom stereocenters. The highest BCUT2D eigenvalue weighted by atomic mass is 16.2. The van der Waals surface area contributed by atoms with E-state index in [4.69, 9.17) is 0 Å². The van der Waals surface area contributed by atoms with Crippen molar-refractivity contribution in [2.75, 3.05) is 31.5 Å². The van der Waals surface area contributed by atoms with Crippen LogP contribution in [0.4, 0.5) is 11.5 Å². The van der Waals surface area contributed by atoms with Gasteiger partial charge in [0.2, 0.25) is 6.41 Å². The molecule has 3 rings (SSSR count). The number of para-hydroxylation sites is 1. The number of piperazine rings is 1. The number of carbonyl (C=O) groups excluding carboxylic acids is 2. The Balaban J connectivity index is 1.77. The number of amides is 2. The zero-order valence-corrected chi connectivity index (χ0v) is 16.1. The maximum Gasteiger partial charge on any atom is 0.254 e. The van der Waals surface area contributed by atoms with E-state index in [1.54, 1.807) is 28.1 Å². The molecule has 1 aliphatic rings. The number of nitrogens with one attached hydrogen (secondary N) is 1. The first-order valence-electron chi connectivity index (χ1n) is 9.20. The summed E-state index contributed by atoms with van der Waals surface area (Å²) in [6.45, 7) is 8.75. The molecule has 6 nitrogen and oxygen atoms in total. The number of benzene rings is 1. The number of anilines is 2. The summed E-state index contributed by atoms with van der Waals surface area (Å²) in [5, 5.41) is 3.36. The van der Waals surface area contributed by atoms with Crippen LogP contribution in [0.1, 0.15) is 36.7 Å². The van der Waals surface area contributed by atoms with Gasteiger partial charge in [0.25, 0.3) is 5.91 Å². The standard InChI is InChI=1S/C21H26N4O2/c1-21(2,3)17-6-4-5-7-18(17)23-19-14-16(8-9-22-19)20(27)25-12-10-24(15-26)11-13-25/h4-9,14-15H,10-13H2,1-3H3,(H,22,23). The minimum absolute atomic E-state index is 0.00468. The molecule has 2 heterocycles. The van der Waals surface area contributed by atoms with Crippen molar-refractivity contribution in [3.63, 3.8) is 0 Å². The average molecular weight is 366 g/mol. The van der Waals surface area contributed by atoms with Crippen molar-refractivity contribution in [2.24, 2.45) is 0 Å². The van der Waals surface area contributed by atoms with Gasteiger partial charge in [-0.3, -0.25) is 9.59 Å². The second kappa shape index (κ2) is 7.78. The van der Waals surface area contributed by atoms with Crippen LogP contribution in [0, 0.1) is 0 Å². The molecule has 6 heteroatoms. The summed E-state index contributed by atoms with van der Waals surface area (Å²) in [6.07, 6.45) is 2.49. The maximum absolute atomic E-state index is 12.8. The Morgan fingerprint density at radius 1 is 1.11 bits per heavy atom. The van der Waals surface area contributed by atoms with Gasteiger partial charge in [-0.15, -0.1) is 0 Å². The van der Waals surface area contributed by atoms with E-state index in [-0.39, 0.29) is 11.3 Å². The SMILES string of the molecule is CC(C)(C)c1ccccc1Nc1cc(C(=O)N2CCN(C=O)CC2)ccn1. The van der Waals surface area contributed by atoms with Gasteiger partial charge in [-0.25, -0.2) is 4.98 Å². The molecule has 1 saturated heterocycles. The van der Waals surface area contributed by atoms with Crippen molar-refractivity contribution < 1.29 is 9.59 Å². The van der Waals surface area contributed by atoms with Crippen molar-refractivity contribution >= 4 is 23.8 Å². The minimum Gasteiger partial charge on any atom is -0.342 e. The van der Waals surface area contributed by atoms with Gasteiger partial charge in [-0.2, -0.15) is 0 Å². The van der Waals surface area contributed by atoms with Crippen LogP contribution in [0.5, 0.6) is 0 Å². The van der Waals surface area contributed by atoms with Crippen LogP contribution in [0.3, 0.4) is 0 Å². The van der Waals surface area contributed by atoms with Crippen LogP contribution in [0.2, 0.25) is 0 Å². The first-order chi connectivity index (χ1) is 12.9. The topological polar surface area (TPSA) is 65.5 Å². The van der Waals surface area contributed by atoms with E-state index in [0.717, 1.165) is 12.1 Å². The lowest BCUT2D eigenvalue weighted by atomic mass is 9.86. The van der Waals surface area contributed by atoms with E-state index in [1.165, 1.54) is 5.56 Å². The van der Waals surface area contributed by atoms with E-state index in [1.807, 2.05) is 18.2 Å². The molecule has 1 fully saturated rings. The highest BCUT2D eigenvalue weighted by Crippen LogP contribution is 2.31. The summed E-state index contributed by atoms with van der Waals surface area (Å²) in [5.41, 5.74) is 2.77. The predicted octanol–water partition coefficient (Wildman–Crippen LogP) is 3.04. The van der Waals surface area contributed by atoms with Crippen molar-refractivity contribution in [3.8, 4) is 0 Å². The molecule has 1 N–H and O–H groups in total. The highest BCUT2D eigenvalue weighted by molar-refractivity contribution is 5.95. The van der Waals surface area contributed by atoms with Crippen molar-refractivity contribution in [3.05, 3.63) is 53.7 Å². The molecule has 142 valence electrons. The number of rotatable bonds is 4. The summed E-state index contributed by atoms with van der Waals surface area (Å²) in [7, 11) is 0. The van der Waals surface area contributed by atoms with Crippen LogP contribution >= 0.6 is 0 Å². The Morgan fingerprint density at radius 2 is 1.81 bits per heavy atom. The fourth-order valence-electron chi connectivity index (χ4n) is 3.23. The van der Waals surface area contributed by atoms with Gasteiger partial charge in [0.1, 0.15) is 5.82 Å². The van der Waals surface area contributed by atoms with Crippen LogP contribution < -0.4 is 5.32 Å². The number of nitrogens with zero attached hydrogens (tertiary/aromatic N) is 3. The summed E-state index contributed by atoms with van der Waals surface area (Å²) in [4.78, 5) is 31.5. The van der Waals surface area contributed by atoms with E-state index in [0.29, 0.717) is 37.6 Å². The van der Waals surface area contributed by atoms with Crippen LogP contribution in [-0.4, -0.2) is 53.3 Å². The second-order valence-electron chi connectivity index (χ2n) is 7.78. The number of pyridine rings is 1. The number of hydrogen-bond donors (Lipinski definition) is 1. The molecule has 0 saturated carbocycles. The molecule has 0 bridgehead atoms. The Hall–Kier alpha value is -2.89. The van der Waals surface area contributed by atoms with E-state index >= 15 is 0 Å². The fourth-order valence-corrected chi connectivity index (χ4v) is 3.23. The molecular formula is C21H26N4O2. The Kier molecular flexibility index (Phi) is 5.44. The van der Waals surface area contributed by atoms with Crippen LogP contribution in [0.15, 0.2) is 42.6 Å². The van der Waals surface area contributed by atoms with Gasteiger partial charge in [0.15, 0.2) is 0 Å². The smallest absolute Gasteiger partial charge is 0.254 e. The lowest BCUT2D eigenvalue weighted by Crippen LogP contribution is -2.48. The number of hydrogen-bond acceptors (Lipinski definition) is 4. The van der Waals surface area contributed by atoms with Gasteiger partial charge in [-0.1, -0.05) is 39.0 Å². The molecule has 1 aliphatic heterocycles. The second-order valence-corrected chi connectivity index (χ2v) is 7.78. The lowest BCUT2D eigenvalue weighted by molar-refractivity contribution is -0.119. The zero-order chi connectivity index (χ0) is 19.4. The zero-order valence-electron chi connectivity index (χ0n) is 16.1.